The van der Waals surface area contributed by atoms with E-state index in [1.54, 1.807) is 23.9 Å². The normalized spacial score (nSPS) is 13.9. The van der Waals surface area contributed by atoms with Crippen LogP contribution < -0.4 is 9.64 Å². The lowest BCUT2D eigenvalue weighted by atomic mass is 10.1. The van der Waals surface area contributed by atoms with Gasteiger partial charge in [0.25, 0.3) is 5.91 Å². The summed E-state index contributed by atoms with van der Waals surface area (Å²) in [5, 5.41) is 0. The second-order valence-corrected chi connectivity index (χ2v) is 4.42. The van der Waals surface area contributed by atoms with Crippen LogP contribution >= 0.6 is 0 Å². The Morgan fingerprint density at radius 2 is 2.22 bits per heavy atom. The lowest BCUT2D eigenvalue weighted by Gasteiger charge is -2.26. The number of carbonyl (C=O) groups excluding carboxylic acids is 2. The Labute approximate surface area is 106 Å². The van der Waals surface area contributed by atoms with Gasteiger partial charge in [0, 0.05) is 27.6 Å². The molecular weight excluding hydrogens is 232 g/mol. The number of fused-ring (bicyclic) bond motifs is 1. The summed E-state index contributed by atoms with van der Waals surface area (Å²) in [5.74, 6) is 0.638. The van der Waals surface area contributed by atoms with Gasteiger partial charge in [0.05, 0.1) is 5.69 Å². The van der Waals surface area contributed by atoms with Gasteiger partial charge in [-0.15, -0.1) is 0 Å². The Bertz CT molecular complexity index is 499. The topological polar surface area (TPSA) is 49.9 Å². The van der Waals surface area contributed by atoms with Crippen LogP contribution in [-0.2, 0) is 16.1 Å². The SMILES string of the molecule is CC(=O)N(C)Cc1ccc2c(c1)N(C)C(=O)CO2. The molecule has 0 bridgehead atoms. The van der Waals surface area contributed by atoms with E-state index in [9.17, 15) is 9.59 Å². The first-order valence-corrected chi connectivity index (χ1v) is 5.73. The van der Waals surface area contributed by atoms with Gasteiger partial charge in [-0.25, -0.2) is 0 Å². The number of hydrogen-bond acceptors (Lipinski definition) is 3. The van der Waals surface area contributed by atoms with Crippen molar-refractivity contribution in [3.05, 3.63) is 23.8 Å². The molecule has 0 fully saturated rings. The van der Waals surface area contributed by atoms with Gasteiger partial charge in [0.1, 0.15) is 5.75 Å². The van der Waals surface area contributed by atoms with Crippen molar-refractivity contribution in [3.63, 3.8) is 0 Å². The molecule has 1 aromatic rings. The zero-order valence-corrected chi connectivity index (χ0v) is 10.8. The number of rotatable bonds is 2. The predicted octanol–water partition coefficient (Wildman–Crippen LogP) is 1.02. The zero-order valence-electron chi connectivity index (χ0n) is 10.8. The van der Waals surface area contributed by atoms with Gasteiger partial charge in [0.2, 0.25) is 5.91 Å². The number of amides is 2. The van der Waals surface area contributed by atoms with Crippen LogP contribution in [0.2, 0.25) is 0 Å². The fourth-order valence-electron chi connectivity index (χ4n) is 1.80. The second-order valence-electron chi connectivity index (χ2n) is 4.42. The van der Waals surface area contributed by atoms with Crippen molar-refractivity contribution in [2.75, 3.05) is 25.6 Å². The van der Waals surface area contributed by atoms with Crippen LogP contribution in [0.3, 0.4) is 0 Å². The van der Waals surface area contributed by atoms with Gasteiger partial charge >= 0.3 is 0 Å². The smallest absolute Gasteiger partial charge is 0.264 e. The molecular formula is C13H16N2O3. The molecule has 0 spiro atoms. The monoisotopic (exact) mass is 248 g/mol. The molecule has 5 heteroatoms. The van der Waals surface area contributed by atoms with E-state index in [2.05, 4.69) is 0 Å². The number of nitrogens with zero attached hydrogens (tertiary/aromatic N) is 2. The average molecular weight is 248 g/mol. The van der Waals surface area contributed by atoms with Crippen molar-refractivity contribution in [1.29, 1.82) is 0 Å². The standard InChI is InChI=1S/C13H16N2O3/c1-9(16)14(2)7-10-4-5-12-11(6-10)15(3)13(17)8-18-12/h4-6H,7-8H2,1-3H3. The van der Waals surface area contributed by atoms with Crippen molar-refractivity contribution >= 4 is 17.5 Å². The van der Waals surface area contributed by atoms with Crippen LogP contribution in [0.4, 0.5) is 5.69 Å². The van der Waals surface area contributed by atoms with E-state index in [0.29, 0.717) is 12.3 Å². The summed E-state index contributed by atoms with van der Waals surface area (Å²) in [6.45, 7) is 2.12. The van der Waals surface area contributed by atoms with E-state index in [-0.39, 0.29) is 18.4 Å². The van der Waals surface area contributed by atoms with Crippen LogP contribution in [0.15, 0.2) is 18.2 Å². The summed E-state index contributed by atoms with van der Waals surface area (Å²) in [6.07, 6.45) is 0. The van der Waals surface area contributed by atoms with Crippen molar-refractivity contribution < 1.29 is 14.3 Å². The van der Waals surface area contributed by atoms with E-state index in [0.717, 1.165) is 11.3 Å². The summed E-state index contributed by atoms with van der Waals surface area (Å²) in [6, 6.07) is 5.62. The highest BCUT2D eigenvalue weighted by Gasteiger charge is 2.22. The Hall–Kier alpha value is -2.04. The molecule has 0 saturated heterocycles. The third-order valence-electron chi connectivity index (χ3n) is 3.07. The molecule has 1 aliphatic heterocycles. The van der Waals surface area contributed by atoms with Crippen LogP contribution in [0.5, 0.6) is 5.75 Å². The molecule has 5 nitrogen and oxygen atoms in total. The molecule has 18 heavy (non-hydrogen) atoms. The van der Waals surface area contributed by atoms with Gasteiger partial charge in [-0.05, 0) is 17.7 Å². The molecule has 1 aromatic carbocycles. The number of carbonyl (C=O) groups is 2. The molecule has 0 radical (unpaired) electrons. The van der Waals surface area contributed by atoms with Crippen molar-refractivity contribution in [2.45, 2.75) is 13.5 Å². The van der Waals surface area contributed by atoms with Gasteiger partial charge in [-0.1, -0.05) is 6.07 Å². The maximum absolute atomic E-state index is 11.5. The highest BCUT2D eigenvalue weighted by Crippen LogP contribution is 2.32. The number of benzene rings is 1. The third kappa shape index (κ3) is 2.30. The average Bonchev–Trinajstić information content (AvgIpc) is 2.34. The zero-order chi connectivity index (χ0) is 13.3. The van der Waals surface area contributed by atoms with Gasteiger partial charge in [0.15, 0.2) is 6.61 Å². The largest absolute Gasteiger partial charge is 0.482 e. The minimum atomic E-state index is -0.0698. The van der Waals surface area contributed by atoms with Crippen molar-refractivity contribution in [1.82, 2.24) is 4.90 Å². The third-order valence-corrected chi connectivity index (χ3v) is 3.07. The molecule has 96 valence electrons. The first-order chi connectivity index (χ1) is 8.49. The van der Waals surface area contributed by atoms with E-state index >= 15 is 0 Å². The number of ether oxygens (including phenoxy) is 1. The first-order valence-electron chi connectivity index (χ1n) is 5.73. The van der Waals surface area contributed by atoms with Gasteiger partial charge in [-0.2, -0.15) is 0 Å². The summed E-state index contributed by atoms with van der Waals surface area (Å²) in [4.78, 5) is 25.9. The molecule has 1 heterocycles. The lowest BCUT2D eigenvalue weighted by Crippen LogP contribution is -2.35. The Morgan fingerprint density at radius 1 is 1.50 bits per heavy atom. The van der Waals surface area contributed by atoms with Crippen LogP contribution in [0.25, 0.3) is 0 Å². The van der Waals surface area contributed by atoms with E-state index < -0.39 is 0 Å². The summed E-state index contributed by atoms with van der Waals surface area (Å²) >= 11 is 0. The second kappa shape index (κ2) is 4.68. The number of likely N-dealkylation sites (N-methyl/N-ethyl adjacent to an activating group) is 1. The number of hydrogen-bond donors (Lipinski definition) is 0. The fraction of sp³-hybridized carbons (Fsp3) is 0.385. The molecule has 0 unspecified atom stereocenters. The van der Waals surface area contributed by atoms with Gasteiger partial charge in [-0.3, -0.25) is 9.59 Å². The highest BCUT2D eigenvalue weighted by atomic mass is 16.5. The minimum absolute atomic E-state index is 0.00778. The molecule has 0 aliphatic carbocycles. The molecule has 0 N–H and O–H groups in total. The highest BCUT2D eigenvalue weighted by molar-refractivity contribution is 5.97. The lowest BCUT2D eigenvalue weighted by molar-refractivity contribution is -0.128. The fourth-order valence-corrected chi connectivity index (χ4v) is 1.80. The van der Waals surface area contributed by atoms with E-state index in [1.165, 1.54) is 6.92 Å². The maximum atomic E-state index is 11.5. The summed E-state index contributed by atoms with van der Waals surface area (Å²) in [7, 11) is 3.47. The van der Waals surface area contributed by atoms with E-state index in [4.69, 9.17) is 4.74 Å². The summed E-state index contributed by atoms with van der Waals surface area (Å²) in [5.41, 5.74) is 1.72. The quantitative estimate of drug-likeness (QED) is 0.785. The van der Waals surface area contributed by atoms with Crippen LogP contribution in [0, 0.1) is 0 Å². The maximum Gasteiger partial charge on any atom is 0.264 e. The van der Waals surface area contributed by atoms with Gasteiger partial charge < -0.3 is 14.5 Å². The molecule has 1 aliphatic rings. The predicted molar refractivity (Wildman–Crippen MR) is 67.5 cm³/mol. The Morgan fingerprint density at radius 3 is 2.89 bits per heavy atom. The molecule has 0 atom stereocenters. The van der Waals surface area contributed by atoms with Crippen LogP contribution in [0.1, 0.15) is 12.5 Å². The minimum Gasteiger partial charge on any atom is -0.482 e. The van der Waals surface area contributed by atoms with Crippen LogP contribution in [-0.4, -0.2) is 37.4 Å². The van der Waals surface area contributed by atoms with Crippen molar-refractivity contribution in [3.8, 4) is 5.75 Å². The molecule has 2 amide bonds. The summed E-state index contributed by atoms with van der Waals surface area (Å²) < 4.78 is 5.34. The molecule has 0 aromatic heterocycles. The Kier molecular flexibility index (Phi) is 3.23. The Balaban J connectivity index is 2.26. The molecule has 0 saturated carbocycles. The van der Waals surface area contributed by atoms with E-state index in [1.807, 2.05) is 18.2 Å². The first kappa shape index (κ1) is 12.4. The van der Waals surface area contributed by atoms with Crippen molar-refractivity contribution in [2.24, 2.45) is 0 Å². The molecule has 2 rings (SSSR count). The number of anilines is 1.